The highest BCUT2D eigenvalue weighted by atomic mass is 19.4. The third-order valence-electron chi connectivity index (χ3n) is 4.23. The molecule has 8 nitrogen and oxygen atoms in total. The molecule has 11 heteroatoms. The van der Waals surface area contributed by atoms with Crippen molar-refractivity contribution >= 4 is 23.3 Å². The van der Waals surface area contributed by atoms with Crippen LogP contribution in [0.4, 0.5) is 24.5 Å². The molecule has 0 unspecified atom stereocenters. The smallest absolute Gasteiger partial charge is 0.405 e. The molecule has 1 heterocycles. The predicted octanol–water partition coefficient (Wildman–Crippen LogP) is 2.67. The summed E-state index contributed by atoms with van der Waals surface area (Å²) in [6.45, 7) is 0.901. The molecule has 154 valence electrons. The molecule has 0 aliphatic carbocycles. The molecule has 0 saturated carbocycles. The second-order valence-corrected chi connectivity index (χ2v) is 6.62. The van der Waals surface area contributed by atoms with Crippen LogP contribution in [0, 0.1) is 16.0 Å². The number of nitrogens with zero attached hydrogens (tertiary/aromatic N) is 2. The zero-order chi connectivity index (χ0) is 20.9. The highest BCUT2D eigenvalue weighted by molar-refractivity contribution is 5.93. The molecule has 1 saturated heterocycles. The number of amides is 1. The van der Waals surface area contributed by atoms with Gasteiger partial charge >= 0.3 is 12.1 Å². The molecule has 1 aromatic rings. The summed E-state index contributed by atoms with van der Waals surface area (Å²) < 4.78 is 40.7. The van der Waals surface area contributed by atoms with E-state index in [4.69, 9.17) is 0 Å². The second-order valence-electron chi connectivity index (χ2n) is 6.62. The Morgan fingerprint density at radius 2 is 2.11 bits per heavy atom. The summed E-state index contributed by atoms with van der Waals surface area (Å²) in [7, 11) is 0. The van der Waals surface area contributed by atoms with Gasteiger partial charge in [-0.05, 0) is 30.9 Å². The lowest BCUT2D eigenvalue weighted by molar-refractivity contribution is -0.384. The Kier molecular flexibility index (Phi) is 6.81. The molecule has 1 N–H and O–H groups in total. The highest BCUT2D eigenvalue weighted by Gasteiger charge is 2.28. The SMILES string of the molecule is C[C@H]1CCCN(c2ccc(C(=O)OCC(=O)NCC(F)(F)F)cc2[N+](=O)[O-])C1. The Labute approximate surface area is 158 Å². The molecule has 1 aliphatic rings. The molecule has 1 aromatic carbocycles. The number of hydrogen-bond donors (Lipinski definition) is 1. The number of halogens is 3. The maximum Gasteiger partial charge on any atom is 0.405 e. The van der Waals surface area contributed by atoms with Gasteiger partial charge in [-0.2, -0.15) is 13.2 Å². The fourth-order valence-corrected chi connectivity index (χ4v) is 2.94. The summed E-state index contributed by atoms with van der Waals surface area (Å²) in [5.74, 6) is -1.78. The van der Waals surface area contributed by atoms with Gasteiger partial charge in [0.25, 0.3) is 11.6 Å². The maximum atomic E-state index is 12.0. The van der Waals surface area contributed by atoms with Crippen molar-refractivity contribution in [3.63, 3.8) is 0 Å². The van der Waals surface area contributed by atoms with Crippen molar-refractivity contribution in [1.29, 1.82) is 0 Å². The first-order valence-corrected chi connectivity index (χ1v) is 8.61. The van der Waals surface area contributed by atoms with Crippen molar-refractivity contribution in [3.05, 3.63) is 33.9 Å². The van der Waals surface area contributed by atoms with Gasteiger partial charge in [0.2, 0.25) is 0 Å². The van der Waals surface area contributed by atoms with E-state index in [0.717, 1.165) is 18.9 Å². The summed E-state index contributed by atoms with van der Waals surface area (Å²) in [6.07, 6.45) is -2.65. The van der Waals surface area contributed by atoms with Crippen LogP contribution in [0.5, 0.6) is 0 Å². The van der Waals surface area contributed by atoms with Gasteiger partial charge in [-0.15, -0.1) is 0 Å². The minimum absolute atomic E-state index is 0.163. The van der Waals surface area contributed by atoms with Crippen molar-refractivity contribution in [3.8, 4) is 0 Å². The molecule has 1 amide bonds. The second kappa shape index (κ2) is 8.89. The first kappa shape index (κ1) is 21.5. The van der Waals surface area contributed by atoms with E-state index in [9.17, 15) is 32.9 Å². The summed E-state index contributed by atoms with van der Waals surface area (Å²) in [5.41, 5.74) is -0.0507. The fraction of sp³-hybridized carbons (Fsp3) is 0.529. The fourth-order valence-electron chi connectivity index (χ4n) is 2.94. The third-order valence-corrected chi connectivity index (χ3v) is 4.23. The molecule has 2 rings (SSSR count). The average molecular weight is 403 g/mol. The van der Waals surface area contributed by atoms with E-state index in [1.807, 2.05) is 11.8 Å². The van der Waals surface area contributed by atoms with Crippen LogP contribution >= 0.6 is 0 Å². The van der Waals surface area contributed by atoms with Crippen molar-refractivity contribution in [2.75, 3.05) is 31.1 Å². The van der Waals surface area contributed by atoms with Gasteiger partial charge in [0.05, 0.1) is 10.5 Å². The highest BCUT2D eigenvalue weighted by Crippen LogP contribution is 2.32. The van der Waals surface area contributed by atoms with Gasteiger partial charge in [0, 0.05) is 19.2 Å². The number of esters is 1. The Morgan fingerprint density at radius 1 is 1.39 bits per heavy atom. The predicted molar refractivity (Wildman–Crippen MR) is 93.1 cm³/mol. The van der Waals surface area contributed by atoms with Crippen LogP contribution in [0.25, 0.3) is 0 Å². The quantitative estimate of drug-likeness (QED) is 0.445. The van der Waals surface area contributed by atoms with Crippen molar-refractivity contribution in [2.45, 2.75) is 25.9 Å². The molecule has 0 radical (unpaired) electrons. The van der Waals surface area contributed by atoms with E-state index in [-0.39, 0.29) is 11.3 Å². The number of ether oxygens (including phenoxy) is 1. The zero-order valence-corrected chi connectivity index (χ0v) is 15.1. The molecule has 0 aromatic heterocycles. The number of nitrogens with one attached hydrogen (secondary N) is 1. The Bertz CT molecular complexity index is 754. The summed E-state index contributed by atoms with van der Waals surface area (Å²) in [4.78, 5) is 36.0. The van der Waals surface area contributed by atoms with Crippen LogP contribution < -0.4 is 10.2 Å². The zero-order valence-electron chi connectivity index (χ0n) is 15.1. The monoisotopic (exact) mass is 403 g/mol. The number of anilines is 1. The summed E-state index contributed by atoms with van der Waals surface area (Å²) >= 11 is 0. The molecule has 0 spiro atoms. The minimum atomic E-state index is -4.58. The minimum Gasteiger partial charge on any atom is -0.452 e. The number of alkyl halides is 3. The van der Waals surface area contributed by atoms with Crippen LogP contribution in [0.3, 0.4) is 0 Å². The van der Waals surface area contributed by atoms with E-state index in [1.165, 1.54) is 12.1 Å². The van der Waals surface area contributed by atoms with Gasteiger partial charge in [0.15, 0.2) is 6.61 Å². The standard InChI is InChI=1S/C17H20F3N3O5/c1-11-3-2-6-22(8-11)13-5-4-12(7-14(13)23(26)27)16(25)28-9-15(24)21-10-17(18,19)20/h4-5,7,11H,2-3,6,8-10H2,1H3,(H,21,24)/t11-/m0/s1. The van der Waals surface area contributed by atoms with Crippen LogP contribution in [0.15, 0.2) is 18.2 Å². The number of piperidine rings is 1. The number of benzene rings is 1. The maximum absolute atomic E-state index is 12.0. The molecular weight excluding hydrogens is 383 g/mol. The third kappa shape index (κ3) is 6.10. The first-order chi connectivity index (χ1) is 13.1. The van der Waals surface area contributed by atoms with E-state index >= 15 is 0 Å². The van der Waals surface area contributed by atoms with E-state index in [2.05, 4.69) is 4.74 Å². The van der Waals surface area contributed by atoms with Crippen LogP contribution in [-0.2, 0) is 9.53 Å². The van der Waals surface area contributed by atoms with E-state index in [0.29, 0.717) is 24.7 Å². The van der Waals surface area contributed by atoms with Gasteiger partial charge in [-0.1, -0.05) is 6.92 Å². The number of rotatable bonds is 6. The number of carbonyl (C=O) groups excluding carboxylic acids is 2. The number of nitro benzene ring substituents is 1. The van der Waals surface area contributed by atoms with Crippen LogP contribution in [-0.4, -0.2) is 49.2 Å². The van der Waals surface area contributed by atoms with Gasteiger partial charge in [-0.25, -0.2) is 4.79 Å². The molecule has 1 atom stereocenters. The lowest BCUT2D eigenvalue weighted by atomic mass is 9.99. The number of carbonyl (C=O) groups is 2. The average Bonchev–Trinajstić information content (AvgIpc) is 2.63. The van der Waals surface area contributed by atoms with Crippen molar-refractivity contribution in [2.24, 2.45) is 5.92 Å². The lowest BCUT2D eigenvalue weighted by Gasteiger charge is -2.32. The molecular formula is C17H20F3N3O5. The summed E-state index contributed by atoms with van der Waals surface area (Å²) in [5, 5.41) is 13.0. The molecule has 1 aliphatic heterocycles. The molecule has 1 fully saturated rings. The number of hydrogen-bond acceptors (Lipinski definition) is 6. The first-order valence-electron chi connectivity index (χ1n) is 8.61. The van der Waals surface area contributed by atoms with Crippen LogP contribution in [0.2, 0.25) is 0 Å². The normalized spacial score (nSPS) is 17.1. The van der Waals surface area contributed by atoms with E-state index < -0.39 is 36.1 Å². The van der Waals surface area contributed by atoms with Gasteiger partial charge in [0.1, 0.15) is 12.2 Å². The lowest BCUT2D eigenvalue weighted by Crippen LogP contribution is -2.36. The largest absolute Gasteiger partial charge is 0.452 e. The van der Waals surface area contributed by atoms with E-state index in [1.54, 1.807) is 5.32 Å². The van der Waals surface area contributed by atoms with Gasteiger partial charge in [-0.3, -0.25) is 14.9 Å². The van der Waals surface area contributed by atoms with Crippen molar-refractivity contribution < 1.29 is 32.4 Å². The van der Waals surface area contributed by atoms with Gasteiger partial charge < -0.3 is 15.0 Å². The Balaban J connectivity index is 2.05. The Hall–Kier alpha value is -2.85. The molecule has 0 bridgehead atoms. The summed E-state index contributed by atoms with van der Waals surface area (Å²) in [6, 6.07) is 3.82. The van der Waals surface area contributed by atoms with Crippen LogP contribution in [0.1, 0.15) is 30.1 Å². The number of nitro groups is 1. The molecule has 28 heavy (non-hydrogen) atoms. The topological polar surface area (TPSA) is 102 Å². The van der Waals surface area contributed by atoms with Crippen molar-refractivity contribution in [1.82, 2.24) is 5.32 Å². The Morgan fingerprint density at radius 3 is 2.71 bits per heavy atom.